The molecule has 1 unspecified atom stereocenters. The van der Waals surface area contributed by atoms with Crippen molar-refractivity contribution in [2.45, 2.75) is 52.6 Å². The zero-order valence-corrected chi connectivity index (χ0v) is 17.0. The fraction of sp³-hybridized carbons (Fsp3) is 0.348. The van der Waals surface area contributed by atoms with Gasteiger partial charge in [-0.15, -0.1) is 0 Å². The molecule has 1 aliphatic heterocycles. The van der Waals surface area contributed by atoms with Gasteiger partial charge in [0.05, 0.1) is 12.1 Å². The van der Waals surface area contributed by atoms with Crippen LogP contribution in [0, 0.1) is 13.8 Å². The summed E-state index contributed by atoms with van der Waals surface area (Å²) < 4.78 is 0. The first-order valence-electron chi connectivity index (χ1n) is 9.43. The molecule has 3 rings (SSSR count). The van der Waals surface area contributed by atoms with Crippen LogP contribution in [0.25, 0.3) is 0 Å². The maximum absolute atomic E-state index is 13.3. The molecule has 3 amide bonds. The summed E-state index contributed by atoms with van der Waals surface area (Å²) >= 11 is 0. The lowest BCUT2D eigenvalue weighted by atomic mass is 9.99. The van der Waals surface area contributed by atoms with Crippen molar-refractivity contribution >= 4 is 23.4 Å². The Morgan fingerprint density at radius 2 is 1.43 bits per heavy atom. The molecule has 0 aromatic heterocycles. The molecule has 5 heteroatoms. The fourth-order valence-corrected chi connectivity index (χ4v) is 3.53. The molecular weight excluding hydrogens is 352 g/mol. The summed E-state index contributed by atoms with van der Waals surface area (Å²) in [5.74, 6) is -0.890. The Morgan fingerprint density at radius 1 is 0.929 bits per heavy atom. The number of imide groups is 1. The summed E-state index contributed by atoms with van der Waals surface area (Å²) in [5, 5.41) is 0. The van der Waals surface area contributed by atoms with Crippen LogP contribution in [0.5, 0.6) is 0 Å². The number of nitrogens with zero attached hydrogens (tertiary/aromatic N) is 2. The van der Waals surface area contributed by atoms with Crippen molar-refractivity contribution < 1.29 is 14.4 Å². The van der Waals surface area contributed by atoms with Crippen LogP contribution in [-0.2, 0) is 9.59 Å². The zero-order chi connectivity index (χ0) is 20.6. The predicted octanol–water partition coefficient (Wildman–Crippen LogP) is 3.88. The van der Waals surface area contributed by atoms with Crippen LogP contribution in [0.1, 0.15) is 48.7 Å². The average Bonchev–Trinajstić information content (AvgIpc) is 2.89. The average molecular weight is 378 g/mol. The SMILES string of the molecule is Cc1ccc(C(=O)N(C2CC(=O)N(c3ccc(C)cc3)C2=O)C(C)(C)C)cc1. The highest BCUT2D eigenvalue weighted by atomic mass is 16.2. The molecule has 146 valence electrons. The van der Waals surface area contributed by atoms with Crippen LogP contribution in [0.3, 0.4) is 0 Å². The lowest BCUT2D eigenvalue weighted by Crippen LogP contribution is -2.54. The molecule has 2 aromatic rings. The highest BCUT2D eigenvalue weighted by Gasteiger charge is 2.47. The predicted molar refractivity (Wildman–Crippen MR) is 109 cm³/mol. The van der Waals surface area contributed by atoms with Crippen molar-refractivity contribution in [2.24, 2.45) is 0 Å². The number of carbonyl (C=O) groups is 3. The Labute approximate surface area is 166 Å². The Bertz CT molecular complexity index is 908. The zero-order valence-electron chi connectivity index (χ0n) is 17.0. The van der Waals surface area contributed by atoms with E-state index in [4.69, 9.17) is 0 Å². The molecule has 0 saturated carbocycles. The van der Waals surface area contributed by atoms with Gasteiger partial charge in [0.15, 0.2) is 0 Å². The molecule has 0 aliphatic carbocycles. The first-order chi connectivity index (χ1) is 13.1. The molecule has 0 bridgehead atoms. The van der Waals surface area contributed by atoms with Gasteiger partial charge in [-0.05, 0) is 58.9 Å². The fourth-order valence-electron chi connectivity index (χ4n) is 3.53. The minimum absolute atomic E-state index is 0.0123. The van der Waals surface area contributed by atoms with Crippen molar-refractivity contribution in [1.82, 2.24) is 4.90 Å². The van der Waals surface area contributed by atoms with Gasteiger partial charge in [0.25, 0.3) is 11.8 Å². The summed E-state index contributed by atoms with van der Waals surface area (Å²) in [6, 6.07) is 13.7. The summed E-state index contributed by atoms with van der Waals surface area (Å²) in [7, 11) is 0. The molecule has 0 spiro atoms. The number of hydrogen-bond acceptors (Lipinski definition) is 3. The maximum atomic E-state index is 13.3. The van der Waals surface area contributed by atoms with Crippen LogP contribution < -0.4 is 4.90 Å². The highest BCUT2D eigenvalue weighted by molar-refractivity contribution is 6.23. The molecule has 1 aliphatic rings. The van der Waals surface area contributed by atoms with Crippen LogP contribution in [-0.4, -0.2) is 34.2 Å². The summed E-state index contributed by atoms with van der Waals surface area (Å²) in [5.41, 5.74) is 2.53. The Kier molecular flexibility index (Phi) is 5.11. The highest BCUT2D eigenvalue weighted by Crippen LogP contribution is 2.31. The van der Waals surface area contributed by atoms with Gasteiger partial charge in [0.2, 0.25) is 5.91 Å². The van der Waals surface area contributed by atoms with E-state index in [1.807, 2.05) is 58.9 Å². The minimum atomic E-state index is -0.817. The number of aryl methyl sites for hydroxylation is 2. The number of rotatable bonds is 3. The molecule has 2 aromatic carbocycles. The molecule has 28 heavy (non-hydrogen) atoms. The van der Waals surface area contributed by atoms with Crippen molar-refractivity contribution in [3.05, 3.63) is 65.2 Å². The monoisotopic (exact) mass is 378 g/mol. The Morgan fingerprint density at radius 3 is 1.93 bits per heavy atom. The third-order valence-corrected chi connectivity index (χ3v) is 4.97. The van der Waals surface area contributed by atoms with E-state index < -0.39 is 11.6 Å². The van der Waals surface area contributed by atoms with Crippen molar-refractivity contribution in [3.8, 4) is 0 Å². The van der Waals surface area contributed by atoms with Crippen LogP contribution >= 0.6 is 0 Å². The summed E-state index contributed by atoms with van der Waals surface area (Å²) in [6.45, 7) is 9.54. The van der Waals surface area contributed by atoms with Gasteiger partial charge in [0, 0.05) is 11.1 Å². The largest absolute Gasteiger partial charge is 0.321 e. The molecule has 1 heterocycles. The van der Waals surface area contributed by atoms with Gasteiger partial charge >= 0.3 is 0 Å². The maximum Gasteiger partial charge on any atom is 0.257 e. The Hall–Kier alpha value is -2.95. The summed E-state index contributed by atoms with van der Waals surface area (Å²) in [6.07, 6.45) is -0.0123. The van der Waals surface area contributed by atoms with Gasteiger partial charge < -0.3 is 4.90 Å². The van der Waals surface area contributed by atoms with E-state index >= 15 is 0 Å². The van der Waals surface area contributed by atoms with E-state index in [1.54, 1.807) is 29.2 Å². The first kappa shape index (κ1) is 19.8. The molecular formula is C23H26N2O3. The van der Waals surface area contributed by atoms with E-state index in [0.29, 0.717) is 11.3 Å². The van der Waals surface area contributed by atoms with Crippen LogP contribution in [0.15, 0.2) is 48.5 Å². The van der Waals surface area contributed by atoms with Gasteiger partial charge in [-0.2, -0.15) is 0 Å². The number of anilines is 1. The van der Waals surface area contributed by atoms with E-state index in [2.05, 4.69) is 0 Å². The van der Waals surface area contributed by atoms with E-state index in [1.165, 1.54) is 4.90 Å². The molecule has 0 N–H and O–H groups in total. The minimum Gasteiger partial charge on any atom is -0.321 e. The second kappa shape index (κ2) is 7.23. The number of benzene rings is 2. The van der Waals surface area contributed by atoms with E-state index in [0.717, 1.165) is 11.1 Å². The number of carbonyl (C=O) groups excluding carboxylic acids is 3. The number of amides is 3. The third-order valence-electron chi connectivity index (χ3n) is 4.97. The second-order valence-corrected chi connectivity index (χ2v) is 8.33. The number of hydrogen-bond donors (Lipinski definition) is 0. The third kappa shape index (κ3) is 3.70. The molecule has 1 saturated heterocycles. The standard InChI is InChI=1S/C23H26N2O3/c1-15-6-10-17(11-7-15)21(27)25(23(3,4)5)19-14-20(26)24(22(19)28)18-12-8-16(2)9-13-18/h6-13,19H,14H2,1-5H3. The lowest BCUT2D eigenvalue weighted by Gasteiger charge is -2.39. The quantitative estimate of drug-likeness (QED) is 0.762. The van der Waals surface area contributed by atoms with Crippen molar-refractivity contribution in [1.29, 1.82) is 0 Å². The molecule has 5 nitrogen and oxygen atoms in total. The molecule has 1 atom stereocenters. The topological polar surface area (TPSA) is 57.7 Å². The van der Waals surface area contributed by atoms with Crippen molar-refractivity contribution in [2.75, 3.05) is 4.90 Å². The molecule has 1 fully saturated rings. The van der Waals surface area contributed by atoms with Gasteiger partial charge in [-0.25, -0.2) is 4.90 Å². The smallest absolute Gasteiger partial charge is 0.257 e. The van der Waals surface area contributed by atoms with E-state index in [-0.39, 0.29) is 24.1 Å². The second-order valence-electron chi connectivity index (χ2n) is 8.33. The van der Waals surface area contributed by atoms with Gasteiger partial charge in [-0.1, -0.05) is 35.4 Å². The van der Waals surface area contributed by atoms with Crippen molar-refractivity contribution in [3.63, 3.8) is 0 Å². The van der Waals surface area contributed by atoms with Gasteiger partial charge in [0.1, 0.15) is 6.04 Å². The lowest BCUT2D eigenvalue weighted by molar-refractivity contribution is -0.123. The first-order valence-corrected chi connectivity index (χ1v) is 9.43. The van der Waals surface area contributed by atoms with Crippen LogP contribution in [0.2, 0.25) is 0 Å². The molecule has 0 radical (unpaired) electrons. The van der Waals surface area contributed by atoms with Crippen LogP contribution in [0.4, 0.5) is 5.69 Å². The normalized spacial score (nSPS) is 17.2. The van der Waals surface area contributed by atoms with E-state index in [9.17, 15) is 14.4 Å². The Balaban J connectivity index is 1.96. The summed E-state index contributed by atoms with van der Waals surface area (Å²) in [4.78, 5) is 41.9. The van der Waals surface area contributed by atoms with Gasteiger partial charge in [-0.3, -0.25) is 14.4 Å².